The number of nitrogens with zero attached hydrogens (tertiary/aromatic N) is 4. The van der Waals surface area contributed by atoms with Crippen molar-refractivity contribution in [2.24, 2.45) is 0 Å². The van der Waals surface area contributed by atoms with Crippen LogP contribution in [-0.4, -0.2) is 53.9 Å². The Kier molecular flexibility index (Phi) is 6.35. The van der Waals surface area contributed by atoms with Crippen LogP contribution in [0.3, 0.4) is 0 Å². The molecule has 0 aliphatic carbocycles. The highest BCUT2D eigenvalue weighted by atomic mass is 16.5. The van der Waals surface area contributed by atoms with E-state index in [1.165, 1.54) is 0 Å². The molecule has 1 aliphatic rings. The van der Waals surface area contributed by atoms with Crippen molar-refractivity contribution in [2.75, 3.05) is 43.0 Å². The van der Waals surface area contributed by atoms with E-state index in [9.17, 15) is 4.79 Å². The molecule has 0 unspecified atom stereocenters. The lowest BCUT2D eigenvalue weighted by Gasteiger charge is -2.36. The van der Waals surface area contributed by atoms with Crippen LogP contribution in [-0.2, 0) is 6.42 Å². The number of aryl methyl sites for hydroxylation is 1. The van der Waals surface area contributed by atoms with Crippen LogP contribution in [0, 0.1) is 0 Å². The summed E-state index contributed by atoms with van der Waals surface area (Å²) in [6.45, 7) is 7.43. The Hall–Kier alpha value is -3.55. The van der Waals surface area contributed by atoms with Crippen LogP contribution in [0.5, 0.6) is 5.75 Å². The fourth-order valence-corrected chi connectivity index (χ4v) is 3.51. The normalized spacial score (nSPS) is 13.9. The van der Waals surface area contributed by atoms with Gasteiger partial charge in [-0.2, -0.15) is 4.98 Å². The van der Waals surface area contributed by atoms with Crippen LogP contribution in [0.1, 0.15) is 19.7 Å². The first-order valence-electron chi connectivity index (χ1n) is 10.6. The number of aromatic nitrogens is 2. The van der Waals surface area contributed by atoms with Gasteiger partial charge in [-0.05, 0) is 55.5 Å². The Morgan fingerprint density at radius 2 is 1.74 bits per heavy atom. The molecule has 1 saturated heterocycles. The predicted molar refractivity (Wildman–Crippen MR) is 120 cm³/mol. The first-order valence-corrected chi connectivity index (χ1v) is 10.6. The molecule has 8 heteroatoms. The number of amides is 2. The summed E-state index contributed by atoms with van der Waals surface area (Å²) in [5, 5.41) is 6.98. The monoisotopic (exact) mass is 421 g/mol. The van der Waals surface area contributed by atoms with Gasteiger partial charge in [-0.15, -0.1) is 0 Å². The van der Waals surface area contributed by atoms with Gasteiger partial charge in [0.2, 0.25) is 11.7 Å². The lowest BCUT2D eigenvalue weighted by molar-refractivity contribution is 0.208. The summed E-state index contributed by atoms with van der Waals surface area (Å²) in [6, 6.07) is 15.5. The number of rotatable bonds is 6. The zero-order chi connectivity index (χ0) is 21.6. The van der Waals surface area contributed by atoms with E-state index in [4.69, 9.17) is 9.26 Å². The van der Waals surface area contributed by atoms with Crippen molar-refractivity contribution in [3.63, 3.8) is 0 Å². The quantitative estimate of drug-likeness (QED) is 0.646. The molecule has 162 valence electrons. The van der Waals surface area contributed by atoms with Crippen molar-refractivity contribution in [1.82, 2.24) is 15.0 Å². The van der Waals surface area contributed by atoms with Gasteiger partial charge < -0.3 is 24.4 Å². The molecule has 3 aromatic rings. The first-order chi connectivity index (χ1) is 15.2. The summed E-state index contributed by atoms with van der Waals surface area (Å²) in [5.74, 6) is 2.04. The van der Waals surface area contributed by atoms with Crippen molar-refractivity contribution in [3.8, 4) is 17.1 Å². The summed E-state index contributed by atoms with van der Waals surface area (Å²) >= 11 is 0. The fourth-order valence-electron chi connectivity index (χ4n) is 3.51. The largest absolute Gasteiger partial charge is 0.494 e. The molecular formula is C23H27N5O3. The molecule has 4 rings (SSSR count). The van der Waals surface area contributed by atoms with Gasteiger partial charge in [0.05, 0.1) is 6.61 Å². The minimum atomic E-state index is -0.0806. The number of ether oxygens (including phenoxy) is 1. The minimum absolute atomic E-state index is 0.0806. The molecule has 2 amide bonds. The van der Waals surface area contributed by atoms with Crippen LogP contribution in [0.25, 0.3) is 11.4 Å². The number of anilines is 2. The van der Waals surface area contributed by atoms with E-state index in [1.54, 1.807) is 0 Å². The maximum atomic E-state index is 12.6. The standard InChI is InChI=1S/C23H27N5O3/c1-3-21-25-22(26-31-21)17-5-9-19(10-6-17)27-13-15-28(16-14-27)23(29)24-18-7-11-20(12-8-18)30-4-2/h5-12H,3-4,13-16H2,1-2H3,(H,24,29). The van der Waals surface area contributed by atoms with Crippen LogP contribution in [0.15, 0.2) is 53.1 Å². The Balaban J connectivity index is 1.30. The summed E-state index contributed by atoms with van der Waals surface area (Å²) < 4.78 is 10.6. The molecule has 0 spiro atoms. The number of benzene rings is 2. The molecular weight excluding hydrogens is 394 g/mol. The highest BCUT2D eigenvalue weighted by Gasteiger charge is 2.21. The number of carbonyl (C=O) groups excluding carboxylic acids is 1. The second kappa shape index (κ2) is 9.51. The van der Waals surface area contributed by atoms with Gasteiger partial charge in [0.1, 0.15) is 5.75 Å². The van der Waals surface area contributed by atoms with Crippen molar-refractivity contribution < 1.29 is 14.1 Å². The molecule has 31 heavy (non-hydrogen) atoms. The lowest BCUT2D eigenvalue weighted by Crippen LogP contribution is -2.50. The topological polar surface area (TPSA) is 83.7 Å². The molecule has 1 aromatic heterocycles. The van der Waals surface area contributed by atoms with E-state index < -0.39 is 0 Å². The van der Waals surface area contributed by atoms with E-state index in [2.05, 4.69) is 32.5 Å². The summed E-state index contributed by atoms with van der Waals surface area (Å²) in [6.07, 6.45) is 0.724. The SMILES string of the molecule is CCOc1ccc(NC(=O)N2CCN(c3ccc(-c4noc(CC)n4)cc3)CC2)cc1. The maximum absolute atomic E-state index is 12.6. The molecule has 2 heterocycles. The molecule has 0 radical (unpaired) electrons. The Labute approximate surface area is 181 Å². The number of carbonyl (C=O) groups is 1. The number of nitrogens with one attached hydrogen (secondary N) is 1. The van der Waals surface area contributed by atoms with Crippen LogP contribution < -0.4 is 15.0 Å². The second-order valence-corrected chi connectivity index (χ2v) is 7.27. The van der Waals surface area contributed by atoms with Gasteiger partial charge in [-0.1, -0.05) is 12.1 Å². The Morgan fingerprint density at radius 3 is 2.35 bits per heavy atom. The third kappa shape index (κ3) is 4.96. The maximum Gasteiger partial charge on any atom is 0.321 e. The highest BCUT2D eigenvalue weighted by Crippen LogP contribution is 2.23. The van der Waals surface area contributed by atoms with Gasteiger partial charge in [0.25, 0.3) is 0 Å². The molecule has 0 bridgehead atoms. The summed E-state index contributed by atoms with van der Waals surface area (Å²) in [7, 11) is 0. The van der Waals surface area contributed by atoms with Crippen molar-refractivity contribution in [3.05, 3.63) is 54.4 Å². The molecule has 8 nitrogen and oxygen atoms in total. The van der Waals surface area contributed by atoms with E-state index >= 15 is 0 Å². The first kappa shape index (κ1) is 20.7. The van der Waals surface area contributed by atoms with Crippen molar-refractivity contribution in [2.45, 2.75) is 20.3 Å². The number of urea groups is 1. The van der Waals surface area contributed by atoms with Gasteiger partial charge in [0.15, 0.2) is 0 Å². The van der Waals surface area contributed by atoms with Gasteiger partial charge >= 0.3 is 6.03 Å². The van der Waals surface area contributed by atoms with E-state index in [0.29, 0.717) is 31.4 Å². The zero-order valence-electron chi connectivity index (χ0n) is 17.9. The predicted octanol–water partition coefficient (Wildman–Crippen LogP) is 4.05. The van der Waals surface area contributed by atoms with E-state index in [1.807, 2.05) is 55.1 Å². The molecule has 1 N–H and O–H groups in total. The van der Waals surface area contributed by atoms with E-state index in [0.717, 1.165) is 42.2 Å². The van der Waals surface area contributed by atoms with Crippen LogP contribution in [0.2, 0.25) is 0 Å². The molecule has 0 atom stereocenters. The van der Waals surface area contributed by atoms with Crippen molar-refractivity contribution in [1.29, 1.82) is 0 Å². The summed E-state index contributed by atoms with van der Waals surface area (Å²) in [4.78, 5) is 21.1. The minimum Gasteiger partial charge on any atom is -0.494 e. The van der Waals surface area contributed by atoms with Crippen LogP contribution >= 0.6 is 0 Å². The second-order valence-electron chi connectivity index (χ2n) is 7.27. The number of piperazine rings is 1. The molecule has 1 aliphatic heterocycles. The number of hydrogen-bond acceptors (Lipinski definition) is 6. The molecule has 0 saturated carbocycles. The fraction of sp³-hybridized carbons (Fsp3) is 0.348. The Morgan fingerprint density at radius 1 is 1.03 bits per heavy atom. The zero-order valence-corrected chi connectivity index (χ0v) is 17.9. The highest BCUT2D eigenvalue weighted by molar-refractivity contribution is 5.89. The Bertz CT molecular complexity index is 993. The third-order valence-electron chi connectivity index (χ3n) is 5.24. The van der Waals surface area contributed by atoms with Crippen LogP contribution in [0.4, 0.5) is 16.2 Å². The third-order valence-corrected chi connectivity index (χ3v) is 5.24. The molecule has 1 fully saturated rings. The average molecular weight is 422 g/mol. The lowest BCUT2D eigenvalue weighted by atomic mass is 10.1. The number of hydrogen-bond donors (Lipinski definition) is 1. The average Bonchev–Trinajstić information content (AvgIpc) is 3.30. The van der Waals surface area contributed by atoms with Gasteiger partial charge in [0, 0.05) is 49.5 Å². The molecule has 2 aromatic carbocycles. The van der Waals surface area contributed by atoms with Gasteiger partial charge in [-0.25, -0.2) is 4.79 Å². The smallest absolute Gasteiger partial charge is 0.321 e. The van der Waals surface area contributed by atoms with E-state index in [-0.39, 0.29) is 6.03 Å². The summed E-state index contributed by atoms with van der Waals surface area (Å²) in [5.41, 5.74) is 2.81. The van der Waals surface area contributed by atoms with Crippen molar-refractivity contribution >= 4 is 17.4 Å². The van der Waals surface area contributed by atoms with Gasteiger partial charge in [-0.3, -0.25) is 0 Å².